The lowest BCUT2D eigenvalue weighted by atomic mass is 10.2. The second-order valence-corrected chi connectivity index (χ2v) is 5.33. The van der Waals surface area contributed by atoms with Gasteiger partial charge in [-0.2, -0.15) is 0 Å². The minimum atomic E-state index is -0.459. The smallest absolute Gasteiger partial charge is 0.339 e. The maximum absolute atomic E-state index is 12.1. The highest BCUT2D eigenvalue weighted by Crippen LogP contribution is 2.20. The third-order valence-electron chi connectivity index (χ3n) is 3.25. The Morgan fingerprint density at radius 1 is 1.13 bits per heavy atom. The van der Waals surface area contributed by atoms with Gasteiger partial charge in [-0.3, -0.25) is 4.79 Å². The summed E-state index contributed by atoms with van der Waals surface area (Å²) in [6.07, 6.45) is 0. The molecule has 2 rings (SSSR count). The number of carbonyl (C=O) groups is 2. The van der Waals surface area contributed by atoms with Crippen molar-refractivity contribution in [1.29, 1.82) is 0 Å². The Morgan fingerprint density at radius 3 is 2.61 bits per heavy atom. The maximum Gasteiger partial charge on any atom is 0.339 e. The zero-order valence-electron chi connectivity index (χ0n) is 12.9. The van der Waals surface area contributed by atoms with E-state index in [1.165, 1.54) is 7.11 Å². The van der Waals surface area contributed by atoms with E-state index >= 15 is 0 Å². The van der Waals surface area contributed by atoms with Crippen LogP contribution in [0.5, 0.6) is 0 Å². The first-order valence-electron chi connectivity index (χ1n) is 6.98. The van der Waals surface area contributed by atoms with Gasteiger partial charge in [-0.05, 0) is 36.8 Å². The van der Waals surface area contributed by atoms with Gasteiger partial charge in [0.25, 0.3) is 0 Å². The molecule has 0 saturated carbocycles. The molecular weight excluding hydrogens is 316 g/mol. The molecule has 0 heterocycles. The molecule has 0 aliphatic carbocycles. The van der Waals surface area contributed by atoms with Crippen LogP contribution in [0.25, 0.3) is 0 Å². The van der Waals surface area contributed by atoms with Gasteiger partial charge in [0.1, 0.15) is 0 Å². The quantitative estimate of drug-likeness (QED) is 0.822. The molecule has 1 amide bonds. The van der Waals surface area contributed by atoms with Crippen molar-refractivity contribution in [2.45, 2.75) is 6.92 Å². The summed E-state index contributed by atoms with van der Waals surface area (Å²) in [6.45, 7) is 1.89. The molecular formula is C17H17ClN2O3. The Labute approximate surface area is 139 Å². The van der Waals surface area contributed by atoms with Gasteiger partial charge in [0.2, 0.25) is 5.91 Å². The molecule has 0 atom stereocenters. The van der Waals surface area contributed by atoms with E-state index in [2.05, 4.69) is 10.6 Å². The van der Waals surface area contributed by atoms with E-state index in [0.717, 1.165) is 5.56 Å². The second-order valence-electron chi connectivity index (χ2n) is 4.90. The molecule has 2 aromatic carbocycles. The van der Waals surface area contributed by atoms with Crippen LogP contribution in [0.2, 0.25) is 5.02 Å². The Bertz CT molecular complexity index is 732. The molecule has 0 unspecified atom stereocenters. The normalized spacial score (nSPS) is 10.0. The van der Waals surface area contributed by atoms with Gasteiger partial charge in [-0.15, -0.1) is 0 Å². The molecule has 0 bridgehead atoms. The zero-order valence-corrected chi connectivity index (χ0v) is 13.6. The highest BCUT2D eigenvalue weighted by molar-refractivity contribution is 6.31. The summed E-state index contributed by atoms with van der Waals surface area (Å²) in [4.78, 5) is 23.7. The first-order valence-corrected chi connectivity index (χ1v) is 7.36. The van der Waals surface area contributed by atoms with Crippen LogP contribution in [-0.4, -0.2) is 25.5 Å². The monoisotopic (exact) mass is 332 g/mol. The average molecular weight is 333 g/mol. The summed E-state index contributed by atoms with van der Waals surface area (Å²) in [5.41, 5.74) is 2.49. The third-order valence-corrected chi connectivity index (χ3v) is 3.48. The van der Waals surface area contributed by atoms with Crippen molar-refractivity contribution in [2.75, 3.05) is 24.3 Å². The number of esters is 1. The molecule has 5 nitrogen and oxygen atoms in total. The van der Waals surface area contributed by atoms with Gasteiger partial charge in [-0.1, -0.05) is 29.8 Å². The molecule has 2 N–H and O–H groups in total. The van der Waals surface area contributed by atoms with Crippen LogP contribution in [0.15, 0.2) is 42.5 Å². The molecule has 6 heteroatoms. The molecule has 0 aliphatic rings. The lowest BCUT2D eigenvalue weighted by molar-refractivity contribution is -0.114. The van der Waals surface area contributed by atoms with E-state index in [9.17, 15) is 9.59 Å². The number of rotatable bonds is 5. The van der Waals surface area contributed by atoms with Crippen molar-refractivity contribution in [3.8, 4) is 0 Å². The van der Waals surface area contributed by atoms with Crippen molar-refractivity contribution in [3.63, 3.8) is 0 Å². The number of aryl methyl sites for hydroxylation is 1. The number of hydrogen-bond donors (Lipinski definition) is 2. The van der Waals surface area contributed by atoms with E-state index < -0.39 is 5.97 Å². The largest absolute Gasteiger partial charge is 0.465 e. The molecule has 23 heavy (non-hydrogen) atoms. The van der Waals surface area contributed by atoms with Gasteiger partial charge >= 0.3 is 5.97 Å². The van der Waals surface area contributed by atoms with E-state index in [-0.39, 0.29) is 12.5 Å². The fourth-order valence-corrected chi connectivity index (χ4v) is 2.20. The van der Waals surface area contributed by atoms with Gasteiger partial charge < -0.3 is 15.4 Å². The highest BCUT2D eigenvalue weighted by Gasteiger charge is 2.12. The number of anilines is 2. The fraction of sp³-hybridized carbons (Fsp3) is 0.176. The lowest BCUT2D eigenvalue weighted by Gasteiger charge is -2.12. The number of halogens is 1. The Hall–Kier alpha value is -2.53. The van der Waals surface area contributed by atoms with E-state index in [1.54, 1.807) is 36.4 Å². The van der Waals surface area contributed by atoms with Crippen LogP contribution < -0.4 is 10.6 Å². The average Bonchev–Trinajstić information content (AvgIpc) is 2.56. The maximum atomic E-state index is 12.1. The summed E-state index contributed by atoms with van der Waals surface area (Å²) in [6, 6.07) is 12.1. The highest BCUT2D eigenvalue weighted by atomic mass is 35.5. The first kappa shape index (κ1) is 16.8. The van der Waals surface area contributed by atoms with Crippen molar-refractivity contribution < 1.29 is 14.3 Å². The molecule has 0 fully saturated rings. The second kappa shape index (κ2) is 7.65. The number of benzene rings is 2. The topological polar surface area (TPSA) is 67.4 Å². The standard InChI is InChI=1S/C17H17ClN2O3/c1-11-7-8-12(18)9-15(11)20-16(21)10-19-14-6-4-3-5-13(14)17(22)23-2/h3-9,19H,10H2,1-2H3,(H,20,21). The van der Waals surface area contributed by atoms with Gasteiger partial charge in [0.15, 0.2) is 0 Å². The number of amides is 1. The minimum Gasteiger partial charge on any atom is -0.465 e. The summed E-state index contributed by atoms with van der Waals surface area (Å²) in [5, 5.41) is 6.27. The van der Waals surface area contributed by atoms with Crippen LogP contribution in [0.1, 0.15) is 15.9 Å². The molecule has 0 spiro atoms. The predicted octanol–water partition coefficient (Wildman–Crippen LogP) is 3.49. The summed E-state index contributed by atoms with van der Waals surface area (Å²) < 4.78 is 4.71. The fourth-order valence-electron chi connectivity index (χ4n) is 2.02. The summed E-state index contributed by atoms with van der Waals surface area (Å²) >= 11 is 5.93. The predicted molar refractivity (Wildman–Crippen MR) is 91.1 cm³/mol. The zero-order chi connectivity index (χ0) is 16.8. The van der Waals surface area contributed by atoms with Gasteiger partial charge in [-0.25, -0.2) is 4.79 Å². The number of carbonyl (C=O) groups excluding carboxylic acids is 2. The third kappa shape index (κ3) is 4.47. The summed E-state index contributed by atoms with van der Waals surface area (Å²) in [5.74, 6) is -0.700. The van der Waals surface area contributed by atoms with Crippen LogP contribution in [0.4, 0.5) is 11.4 Å². The van der Waals surface area contributed by atoms with E-state index in [1.807, 2.05) is 13.0 Å². The van der Waals surface area contributed by atoms with Crippen molar-refractivity contribution in [3.05, 3.63) is 58.6 Å². The van der Waals surface area contributed by atoms with Crippen LogP contribution in [-0.2, 0) is 9.53 Å². The summed E-state index contributed by atoms with van der Waals surface area (Å²) in [7, 11) is 1.31. The molecule has 0 aromatic heterocycles. The van der Waals surface area contributed by atoms with Crippen LogP contribution >= 0.6 is 11.6 Å². The van der Waals surface area contributed by atoms with Gasteiger partial charge in [0, 0.05) is 16.4 Å². The molecule has 120 valence electrons. The van der Waals surface area contributed by atoms with Crippen molar-refractivity contribution in [2.24, 2.45) is 0 Å². The number of para-hydroxylation sites is 1. The molecule has 0 radical (unpaired) electrons. The minimum absolute atomic E-state index is 0.0139. The number of ether oxygens (including phenoxy) is 1. The Balaban J connectivity index is 2.02. The first-order chi connectivity index (χ1) is 11.0. The molecule has 2 aromatic rings. The van der Waals surface area contributed by atoms with Crippen LogP contribution in [0.3, 0.4) is 0 Å². The number of nitrogens with one attached hydrogen (secondary N) is 2. The van der Waals surface area contributed by atoms with Gasteiger partial charge in [0.05, 0.1) is 19.2 Å². The number of hydrogen-bond acceptors (Lipinski definition) is 4. The van der Waals surface area contributed by atoms with Crippen molar-refractivity contribution in [1.82, 2.24) is 0 Å². The Kier molecular flexibility index (Phi) is 5.60. The molecule has 0 aliphatic heterocycles. The van der Waals surface area contributed by atoms with Crippen molar-refractivity contribution >= 4 is 34.9 Å². The lowest BCUT2D eigenvalue weighted by Crippen LogP contribution is -2.23. The number of methoxy groups -OCH3 is 1. The van der Waals surface area contributed by atoms with E-state index in [4.69, 9.17) is 16.3 Å². The molecule has 0 saturated heterocycles. The Morgan fingerprint density at radius 2 is 1.87 bits per heavy atom. The van der Waals surface area contributed by atoms with Crippen LogP contribution in [0, 0.1) is 6.92 Å². The van der Waals surface area contributed by atoms with E-state index in [0.29, 0.717) is 22.0 Å². The SMILES string of the molecule is COC(=O)c1ccccc1NCC(=O)Nc1cc(Cl)ccc1C.